The Labute approximate surface area is 185 Å². The predicted molar refractivity (Wildman–Crippen MR) is 117 cm³/mol. The monoisotopic (exact) mass is 435 g/mol. The Morgan fingerprint density at radius 3 is 2.69 bits per heavy atom. The summed E-state index contributed by atoms with van der Waals surface area (Å²) in [7, 11) is 0. The third kappa shape index (κ3) is 4.46. The maximum absolute atomic E-state index is 12.8. The molecular formula is C23H25N5O4. The minimum absolute atomic E-state index is 0.0236. The van der Waals surface area contributed by atoms with Crippen molar-refractivity contribution in [1.82, 2.24) is 20.4 Å². The van der Waals surface area contributed by atoms with Crippen LogP contribution in [0, 0.1) is 5.92 Å². The second-order valence-corrected chi connectivity index (χ2v) is 7.95. The van der Waals surface area contributed by atoms with Gasteiger partial charge in [-0.15, -0.1) is 0 Å². The number of rotatable bonds is 7. The molecule has 0 aliphatic carbocycles. The molecule has 3 aromatic rings. The van der Waals surface area contributed by atoms with Crippen LogP contribution < -0.4 is 15.0 Å². The van der Waals surface area contributed by atoms with E-state index in [2.05, 4.69) is 20.4 Å². The van der Waals surface area contributed by atoms with Gasteiger partial charge in [0.25, 0.3) is 5.91 Å². The van der Waals surface area contributed by atoms with Crippen molar-refractivity contribution in [3.05, 3.63) is 54.7 Å². The fourth-order valence-electron chi connectivity index (χ4n) is 3.54. The van der Waals surface area contributed by atoms with Crippen LogP contribution >= 0.6 is 0 Å². The summed E-state index contributed by atoms with van der Waals surface area (Å²) in [5.74, 6) is 1.05. The van der Waals surface area contributed by atoms with E-state index < -0.39 is 12.1 Å². The summed E-state index contributed by atoms with van der Waals surface area (Å²) in [5, 5.41) is 7.00. The van der Waals surface area contributed by atoms with Crippen molar-refractivity contribution in [2.24, 2.45) is 5.92 Å². The Balaban J connectivity index is 1.43. The number of carbonyl (C=O) groups excluding carboxylic acids is 2. The van der Waals surface area contributed by atoms with Gasteiger partial charge in [-0.05, 0) is 37.1 Å². The van der Waals surface area contributed by atoms with Gasteiger partial charge in [0.05, 0.1) is 5.69 Å². The number of amides is 2. The first-order valence-corrected chi connectivity index (χ1v) is 10.5. The highest BCUT2D eigenvalue weighted by atomic mass is 16.5. The van der Waals surface area contributed by atoms with Crippen LogP contribution in [-0.4, -0.2) is 39.6 Å². The third-order valence-electron chi connectivity index (χ3n) is 5.27. The maximum atomic E-state index is 12.8. The SMILES string of the molecule is CC1Oc2ccccc2N(CCC(=O)NC(c2nc(-c3ccncc3)no2)C(C)C)C1=O. The van der Waals surface area contributed by atoms with Gasteiger partial charge in [-0.3, -0.25) is 14.6 Å². The third-order valence-corrected chi connectivity index (χ3v) is 5.27. The largest absolute Gasteiger partial charge is 0.479 e. The van der Waals surface area contributed by atoms with Crippen LogP contribution in [0.15, 0.2) is 53.3 Å². The molecule has 166 valence electrons. The highest BCUT2D eigenvalue weighted by molar-refractivity contribution is 6.00. The molecule has 2 unspecified atom stereocenters. The first-order valence-electron chi connectivity index (χ1n) is 10.5. The highest BCUT2D eigenvalue weighted by Crippen LogP contribution is 2.33. The minimum Gasteiger partial charge on any atom is -0.479 e. The van der Waals surface area contributed by atoms with Crippen LogP contribution in [0.1, 0.15) is 39.1 Å². The lowest BCUT2D eigenvalue weighted by Gasteiger charge is -2.33. The smallest absolute Gasteiger partial charge is 0.267 e. The summed E-state index contributed by atoms with van der Waals surface area (Å²) < 4.78 is 11.1. The van der Waals surface area contributed by atoms with Crippen molar-refractivity contribution >= 4 is 17.5 Å². The normalized spacial score (nSPS) is 16.4. The lowest BCUT2D eigenvalue weighted by Crippen LogP contribution is -2.46. The predicted octanol–water partition coefficient (Wildman–Crippen LogP) is 3.15. The summed E-state index contributed by atoms with van der Waals surface area (Å²) in [6, 6.07) is 10.4. The molecule has 32 heavy (non-hydrogen) atoms. The molecule has 0 fully saturated rings. The molecule has 0 bridgehead atoms. The first kappa shape index (κ1) is 21.5. The Bertz CT molecular complexity index is 1100. The van der Waals surface area contributed by atoms with Gasteiger partial charge in [-0.2, -0.15) is 4.98 Å². The number of nitrogens with zero attached hydrogens (tertiary/aromatic N) is 4. The Morgan fingerprint density at radius 1 is 1.19 bits per heavy atom. The number of hydrogen-bond acceptors (Lipinski definition) is 7. The van der Waals surface area contributed by atoms with Gasteiger partial charge in [0.2, 0.25) is 17.6 Å². The van der Waals surface area contributed by atoms with Crippen LogP contribution in [0.25, 0.3) is 11.4 Å². The topological polar surface area (TPSA) is 110 Å². The van der Waals surface area contributed by atoms with Gasteiger partial charge < -0.3 is 19.5 Å². The molecule has 1 aliphatic rings. The zero-order valence-corrected chi connectivity index (χ0v) is 18.2. The summed E-state index contributed by atoms with van der Waals surface area (Å²) in [6.07, 6.45) is 2.83. The van der Waals surface area contributed by atoms with Gasteiger partial charge in [-0.25, -0.2) is 0 Å². The van der Waals surface area contributed by atoms with E-state index in [1.165, 1.54) is 0 Å². The molecule has 0 radical (unpaired) electrons. The molecule has 9 nitrogen and oxygen atoms in total. The van der Waals surface area contributed by atoms with Crippen molar-refractivity contribution in [3.8, 4) is 17.1 Å². The second-order valence-electron chi connectivity index (χ2n) is 7.95. The minimum atomic E-state index is -0.596. The number of carbonyl (C=O) groups is 2. The number of pyridine rings is 1. The molecular weight excluding hydrogens is 410 g/mol. The van der Waals surface area contributed by atoms with Crippen molar-refractivity contribution in [3.63, 3.8) is 0 Å². The molecule has 1 aliphatic heterocycles. The van der Waals surface area contributed by atoms with Gasteiger partial charge in [0.1, 0.15) is 11.8 Å². The number of fused-ring (bicyclic) bond motifs is 1. The van der Waals surface area contributed by atoms with Crippen molar-refractivity contribution in [2.45, 2.75) is 39.3 Å². The van der Waals surface area contributed by atoms with E-state index in [0.717, 1.165) is 5.56 Å². The van der Waals surface area contributed by atoms with Crippen molar-refractivity contribution in [2.75, 3.05) is 11.4 Å². The maximum Gasteiger partial charge on any atom is 0.267 e. The average molecular weight is 435 g/mol. The molecule has 2 atom stereocenters. The molecule has 1 aromatic carbocycles. The lowest BCUT2D eigenvalue weighted by atomic mass is 10.0. The molecule has 0 saturated carbocycles. The molecule has 0 saturated heterocycles. The Hall–Kier alpha value is -3.75. The average Bonchev–Trinajstić information content (AvgIpc) is 3.28. The van der Waals surface area contributed by atoms with Crippen LogP contribution in [0.3, 0.4) is 0 Å². The van der Waals surface area contributed by atoms with E-state index in [0.29, 0.717) is 23.2 Å². The fourth-order valence-corrected chi connectivity index (χ4v) is 3.54. The molecule has 0 spiro atoms. The Morgan fingerprint density at radius 2 is 1.94 bits per heavy atom. The molecule has 2 aromatic heterocycles. The van der Waals surface area contributed by atoms with Crippen LogP contribution in [0.4, 0.5) is 5.69 Å². The zero-order valence-electron chi connectivity index (χ0n) is 18.2. The first-order chi connectivity index (χ1) is 15.4. The van der Waals surface area contributed by atoms with Gasteiger partial charge in [-0.1, -0.05) is 31.1 Å². The van der Waals surface area contributed by atoms with E-state index >= 15 is 0 Å². The summed E-state index contributed by atoms with van der Waals surface area (Å²) in [5.41, 5.74) is 1.45. The van der Waals surface area contributed by atoms with Crippen LogP contribution in [-0.2, 0) is 9.59 Å². The molecule has 4 rings (SSSR count). The van der Waals surface area contributed by atoms with Crippen molar-refractivity contribution in [1.29, 1.82) is 0 Å². The van der Waals surface area contributed by atoms with E-state index in [9.17, 15) is 9.59 Å². The van der Waals surface area contributed by atoms with Crippen LogP contribution in [0.2, 0.25) is 0 Å². The number of hydrogen-bond donors (Lipinski definition) is 1. The fraction of sp³-hybridized carbons (Fsp3) is 0.348. The zero-order chi connectivity index (χ0) is 22.7. The second kappa shape index (κ2) is 9.17. The van der Waals surface area contributed by atoms with E-state index in [1.807, 2.05) is 38.1 Å². The number of anilines is 1. The Kier molecular flexibility index (Phi) is 6.16. The number of aromatic nitrogens is 3. The van der Waals surface area contributed by atoms with E-state index in [1.54, 1.807) is 36.4 Å². The van der Waals surface area contributed by atoms with Crippen LogP contribution in [0.5, 0.6) is 5.75 Å². The standard InChI is InChI=1S/C23H25N5O4/c1-14(2)20(22-26-21(27-32-22)16-8-11-24-12-9-16)25-19(29)10-13-28-17-6-4-5-7-18(17)31-15(3)23(28)30/h4-9,11-12,14-15,20H,10,13H2,1-3H3,(H,25,29). The van der Waals surface area contributed by atoms with Gasteiger partial charge >= 0.3 is 0 Å². The number of nitrogens with one attached hydrogen (secondary N) is 1. The van der Waals surface area contributed by atoms with E-state index in [-0.39, 0.29) is 30.7 Å². The lowest BCUT2D eigenvalue weighted by molar-refractivity contribution is -0.125. The summed E-state index contributed by atoms with van der Waals surface area (Å²) >= 11 is 0. The summed E-state index contributed by atoms with van der Waals surface area (Å²) in [6.45, 7) is 5.87. The number of para-hydroxylation sites is 2. The number of benzene rings is 1. The molecule has 3 heterocycles. The quantitative estimate of drug-likeness (QED) is 0.607. The van der Waals surface area contributed by atoms with E-state index in [4.69, 9.17) is 9.26 Å². The number of ether oxygens (including phenoxy) is 1. The molecule has 1 N–H and O–H groups in total. The highest BCUT2D eigenvalue weighted by Gasteiger charge is 2.32. The summed E-state index contributed by atoms with van der Waals surface area (Å²) in [4.78, 5) is 35.4. The van der Waals surface area contributed by atoms with Gasteiger partial charge in [0.15, 0.2) is 6.10 Å². The van der Waals surface area contributed by atoms with Crippen molar-refractivity contribution < 1.29 is 18.8 Å². The molecule has 2 amide bonds. The molecule has 9 heteroatoms. The van der Waals surface area contributed by atoms with Gasteiger partial charge in [0, 0.05) is 30.9 Å².